The number of amides is 1. The molecule has 1 fully saturated rings. The maximum atomic E-state index is 13.5. The van der Waals surface area contributed by atoms with Gasteiger partial charge in [0, 0.05) is 43.4 Å². The van der Waals surface area contributed by atoms with Crippen molar-refractivity contribution in [3.05, 3.63) is 64.7 Å². The molecule has 0 radical (unpaired) electrons. The number of nitrogens with one attached hydrogen (secondary N) is 2. The lowest BCUT2D eigenvalue weighted by atomic mass is 10.1. The minimum Gasteiger partial charge on any atom is -0.381 e. The van der Waals surface area contributed by atoms with Crippen LogP contribution in [0.15, 0.2) is 42.6 Å². The number of carbonyl (C=O) groups is 1. The summed E-state index contributed by atoms with van der Waals surface area (Å²) in [4.78, 5) is 21.4. The maximum Gasteiger partial charge on any atom is 0.270 e. The first-order chi connectivity index (χ1) is 14.1. The maximum absolute atomic E-state index is 13.5. The number of rotatable bonds is 5. The van der Waals surface area contributed by atoms with Crippen LogP contribution >= 0.6 is 11.6 Å². The molecule has 1 aromatic carbocycles. The van der Waals surface area contributed by atoms with E-state index >= 15 is 0 Å². The first kappa shape index (κ1) is 19.5. The predicted octanol–water partition coefficient (Wildman–Crippen LogP) is 3.94. The summed E-state index contributed by atoms with van der Waals surface area (Å²) in [6, 6.07) is 10.1. The first-order valence-electron chi connectivity index (χ1n) is 9.42. The van der Waals surface area contributed by atoms with Crippen LogP contribution in [-0.2, 0) is 11.3 Å². The van der Waals surface area contributed by atoms with Crippen molar-refractivity contribution in [2.45, 2.75) is 25.4 Å². The SMILES string of the molecule is O=C(NCc1ccc(Cl)c(F)c1)c1ccc2cnc(NC3CCOCC3)cc2n1. The summed E-state index contributed by atoms with van der Waals surface area (Å²) in [5.74, 6) is -0.122. The van der Waals surface area contributed by atoms with Crippen molar-refractivity contribution in [2.24, 2.45) is 0 Å². The van der Waals surface area contributed by atoms with E-state index in [1.807, 2.05) is 12.1 Å². The van der Waals surface area contributed by atoms with Gasteiger partial charge >= 0.3 is 0 Å². The molecule has 8 heteroatoms. The highest BCUT2D eigenvalue weighted by atomic mass is 35.5. The molecular formula is C21H20ClFN4O2. The molecule has 29 heavy (non-hydrogen) atoms. The summed E-state index contributed by atoms with van der Waals surface area (Å²) < 4.78 is 18.9. The summed E-state index contributed by atoms with van der Waals surface area (Å²) in [6.07, 6.45) is 3.60. The van der Waals surface area contributed by atoms with Crippen molar-refractivity contribution in [1.82, 2.24) is 15.3 Å². The number of carbonyl (C=O) groups excluding carboxylic acids is 1. The largest absolute Gasteiger partial charge is 0.381 e. The van der Waals surface area contributed by atoms with E-state index in [0.717, 1.165) is 37.3 Å². The Balaban J connectivity index is 1.46. The average molecular weight is 415 g/mol. The van der Waals surface area contributed by atoms with E-state index in [4.69, 9.17) is 16.3 Å². The molecule has 2 aromatic heterocycles. The number of pyridine rings is 2. The zero-order valence-corrected chi connectivity index (χ0v) is 16.4. The van der Waals surface area contributed by atoms with E-state index in [1.54, 1.807) is 18.3 Å². The van der Waals surface area contributed by atoms with Gasteiger partial charge in [-0.15, -0.1) is 0 Å². The molecule has 2 N–H and O–H groups in total. The van der Waals surface area contributed by atoms with E-state index in [2.05, 4.69) is 20.6 Å². The van der Waals surface area contributed by atoms with Crippen LogP contribution < -0.4 is 10.6 Å². The Hall–Kier alpha value is -2.77. The lowest BCUT2D eigenvalue weighted by Gasteiger charge is -2.23. The van der Waals surface area contributed by atoms with Crippen LogP contribution in [0.1, 0.15) is 28.9 Å². The standard InChI is InChI=1S/C21H20ClFN4O2/c22-16-3-1-13(9-17(16)23)11-25-21(28)18-4-2-14-12-24-20(10-19(14)27-18)26-15-5-7-29-8-6-15/h1-4,9-10,12,15H,5-8,11H2,(H,24,26)(H,25,28). The third-order valence-corrected chi connectivity index (χ3v) is 5.12. The molecule has 0 atom stereocenters. The highest BCUT2D eigenvalue weighted by Crippen LogP contribution is 2.19. The fourth-order valence-corrected chi connectivity index (χ4v) is 3.31. The Morgan fingerprint density at radius 3 is 2.83 bits per heavy atom. The Morgan fingerprint density at radius 1 is 1.21 bits per heavy atom. The summed E-state index contributed by atoms with van der Waals surface area (Å²) in [7, 11) is 0. The zero-order valence-electron chi connectivity index (χ0n) is 15.6. The molecule has 0 bridgehead atoms. The van der Waals surface area contributed by atoms with Crippen molar-refractivity contribution in [1.29, 1.82) is 0 Å². The fourth-order valence-electron chi connectivity index (χ4n) is 3.20. The van der Waals surface area contributed by atoms with Crippen LogP contribution in [0.3, 0.4) is 0 Å². The van der Waals surface area contributed by atoms with Crippen molar-refractivity contribution in [3.8, 4) is 0 Å². The van der Waals surface area contributed by atoms with Crippen LogP contribution in [0.25, 0.3) is 10.9 Å². The molecule has 0 unspecified atom stereocenters. The quantitative estimate of drug-likeness (QED) is 0.661. The van der Waals surface area contributed by atoms with Crippen LogP contribution in [-0.4, -0.2) is 35.1 Å². The molecule has 1 amide bonds. The lowest BCUT2D eigenvalue weighted by molar-refractivity contribution is 0.0903. The summed E-state index contributed by atoms with van der Waals surface area (Å²) >= 11 is 5.68. The number of anilines is 1. The number of fused-ring (bicyclic) bond motifs is 1. The Bertz CT molecular complexity index is 1040. The van der Waals surface area contributed by atoms with Gasteiger partial charge < -0.3 is 15.4 Å². The van der Waals surface area contributed by atoms with Gasteiger partial charge in [0.25, 0.3) is 5.91 Å². The van der Waals surface area contributed by atoms with E-state index in [0.29, 0.717) is 17.1 Å². The highest BCUT2D eigenvalue weighted by Gasteiger charge is 2.15. The molecule has 0 spiro atoms. The van der Waals surface area contributed by atoms with E-state index in [9.17, 15) is 9.18 Å². The number of halogens is 2. The number of hydrogen-bond acceptors (Lipinski definition) is 5. The minimum atomic E-state index is -0.515. The van der Waals surface area contributed by atoms with Crippen molar-refractivity contribution in [3.63, 3.8) is 0 Å². The predicted molar refractivity (Wildman–Crippen MR) is 110 cm³/mol. The first-order valence-corrected chi connectivity index (χ1v) is 9.79. The molecule has 1 saturated heterocycles. The summed E-state index contributed by atoms with van der Waals surface area (Å²) in [5.41, 5.74) is 1.59. The molecule has 3 aromatic rings. The minimum absolute atomic E-state index is 0.0510. The van der Waals surface area contributed by atoms with E-state index in [-0.39, 0.29) is 23.2 Å². The van der Waals surface area contributed by atoms with Crippen molar-refractivity contribution >= 4 is 34.2 Å². The van der Waals surface area contributed by atoms with Crippen molar-refractivity contribution in [2.75, 3.05) is 18.5 Å². The molecule has 3 heterocycles. The van der Waals surface area contributed by atoms with Gasteiger partial charge in [-0.1, -0.05) is 17.7 Å². The average Bonchev–Trinajstić information content (AvgIpc) is 2.74. The van der Waals surface area contributed by atoms with Crippen LogP contribution in [0, 0.1) is 5.82 Å². The van der Waals surface area contributed by atoms with Gasteiger partial charge in [-0.3, -0.25) is 4.79 Å². The topological polar surface area (TPSA) is 76.1 Å². The Labute approximate surface area is 172 Å². The lowest BCUT2D eigenvalue weighted by Crippen LogP contribution is -2.28. The molecule has 0 saturated carbocycles. The molecule has 150 valence electrons. The normalized spacial score (nSPS) is 14.7. The van der Waals surface area contributed by atoms with E-state index < -0.39 is 5.82 Å². The molecular weight excluding hydrogens is 395 g/mol. The second kappa shape index (κ2) is 8.71. The van der Waals surface area contributed by atoms with Gasteiger partial charge in [0.2, 0.25) is 0 Å². The number of aromatic nitrogens is 2. The number of hydrogen-bond donors (Lipinski definition) is 2. The third kappa shape index (κ3) is 4.81. The molecule has 1 aliphatic rings. The Kier molecular flexibility index (Phi) is 5.87. The highest BCUT2D eigenvalue weighted by molar-refractivity contribution is 6.30. The second-order valence-electron chi connectivity index (χ2n) is 6.92. The number of nitrogens with zero attached hydrogens (tertiary/aromatic N) is 2. The summed E-state index contributed by atoms with van der Waals surface area (Å²) in [5, 5.41) is 7.05. The third-order valence-electron chi connectivity index (χ3n) is 4.82. The fraction of sp³-hybridized carbons (Fsp3) is 0.286. The summed E-state index contributed by atoms with van der Waals surface area (Å²) in [6.45, 7) is 1.66. The van der Waals surface area contributed by atoms with Gasteiger partial charge in [-0.25, -0.2) is 14.4 Å². The van der Waals surface area contributed by atoms with Crippen LogP contribution in [0.2, 0.25) is 5.02 Å². The molecule has 0 aliphatic carbocycles. The molecule has 4 rings (SSSR count). The van der Waals surface area contributed by atoms with Crippen LogP contribution in [0.5, 0.6) is 0 Å². The van der Waals surface area contributed by atoms with Gasteiger partial charge in [-0.2, -0.15) is 0 Å². The number of ether oxygens (including phenoxy) is 1. The monoisotopic (exact) mass is 414 g/mol. The van der Waals surface area contributed by atoms with Gasteiger partial charge in [0.1, 0.15) is 17.3 Å². The zero-order chi connectivity index (χ0) is 20.2. The Morgan fingerprint density at radius 2 is 2.03 bits per heavy atom. The van der Waals surface area contributed by atoms with E-state index in [1.165, 1.54) is 12.1 Å². The van der Waals surface area contributed by atoms with Gasteiger partial charge in [0.05, 0.1) is 10.5 Å². The van der Waals surface area contributed by atoms with Gasteiger partial charge in [0.15, 0.2) is 0 Å². The smallest absolute Gasteiger partial charge is 0.270 e. The number of benzene rings is 1. The molecule has 1 aliphatic heterocycles. The second-order valence-corrected chi connectivity index (χ2v) is 7.33. The molecule has 6 nitrogen and oxygen atoms in total. The van der Waals surface area contributed by atoms with Gasteiger partial charge in [-0.05, 0) is 42.7 Å². The van der Waals surface area contributed by atoms with Crippen molar-refractivity contribution < 1.29 is 13.9 Å². The van der Waals surface area contributed by atoms with Crippen LogP contribution in [0.4, 0.5) is 10.2 Å².